The van der Waals surface area contributed by atoms with E-state index < -0.39 is 23.2 Å². The molecular weight excluding hydrogens is 346 g/mol. The van der Waals surface area contributed by atoms with Gasteiger partial charge in [0.05, 0.1) is 6.61 Å². The molecule has 0 saturated carbocycles. The van der Waals surface area contributed by atoms with Crippen molar-refractivity contribution in [1.82, 2.24) is 0 Å². The Morgan fingerprint density at radius 1 is 0.815 bits per heavy atom. The summed E-state index contributed by atoms with van der Waals surface area (Å²) >= 11 is 0. The molecule has 0 fully saturated rings. The largest absolute Gasteiger partial charge is 0.462 e. The summed E-state index contributed by atoms with van der Waals surface area (Å²) in [6.45, 7) is 3.95. The summed E-state index contributed by atoms with van der Waals surface area (Å²) in [6, 6.07) is 2.41. The maximum absolute atomic E-state index is 13.9. The summed E-state index contributed by atoms with van der Waals surface area (Å²) in [5.41, 5.74) is -0.339. The molecule has 154 valence electrons. The number of ether oxygens (including phenoxy) is 1. The minimum atomic E-state index is -0.910. The Kier molecular flexibility index (Phi) is 12.7. The van der Waals surface area contributed by atoms with E-state index in [1.165, 1.54) is 77.2 Å². The van der Waals surface area contributed by atoms with Crippen LogP contribution < -0.4 is 0 Å². The molecule has 0 atom stereocenters. The smallest absolute Gasteiger partial charge is 0.344 e. The number of hydrogen-bond acceptors (Lipinski definition) is 2. The van der Waals surface area contributed by atoms with Crippen LogP contribution in [0.15, 0.2) is 12.1 Å². The van der Waals surface area contributed by atoms with Crippen molar-refractivity contribution in [2.75, 3.05) is 6.61 Å². The summed E-state index contributed by atoms with van der Waals surface area (Å²) in [5.74, 6) is -2.61. The van der Waals surface area contributed by atoms with Crippen LogP contribution in [0.4, 0.5) is 8.78 Å². The zero-order valence-electron chi connectivity index (χ0n) is 17.1. The van der Waals surface area contributed by atoms with Crippen molar-refractivity contribution in [2.24, 2.45) is 0 Å². The first-order valence-electron chi connectivity index (χ1n) is 10.7. The van der Waals surface area contributed by atoms with Crippen molar-refractivity contribution in [2.45, 2.75) is 97.3 Å². The molecule has 0 aliphatic carbocycles. The fourth-order valence-electron chi connectivity index (χ4n) is 3.20. The monoisotopic (exact) mass is 382 g/mol. The molecule has 27 heavy (non-hydrogen) atoms. The van der Waals surface area contributed by atoms with Gasteiger partial charge in [-0.1, -0.05) is 90.0 Å². The minimum Gasteiger partial charge on any atom is -0.462 e. The molecule has 0 bridgehead atoms. The number of benzene rings is 1. The fourth-order valence-corrected chi connectivity index (χ4v) is 3.20. The highest BCUT2D eigenvalue weighted by Gasteiger charge is 2.20. The van der Waals surface area contributed by atoms with Gasteiger partial charge >= 0.3 is 5.97 Å². The molecule has 0 amide bonds. The predicted molar refractivity (Wildman–Crippen MR) is 107 cm³/mol. The molecule has 0 spiro atoms. The van der Waals surface area contributed by atoms with Crippen LogP contribution in [-0.2, 0) is 4.74 Å². The highest BCUT2D eigenvalue weighted by molar-refractivity contribution is 5.90. The molecule has 0 radical (unpaired) electrons. The van der Waals surface area contributed by atoms with E-state index >= 15 is 0 Å². The Balaban J connectivity index is 1.99. The lowest BCUT2D eigenvalue weighted by molar-refractivity contribution is 0.0486. The van der Waals surface area contributed by atoms with Gasteiger partial charge < -0.3 is 4.74 Å². The Bertz CT molecular complexity index is 543. The fraction of sp³-hybridized carbons (Fsp3) is 0.696. The van der Waals surface area contributed by atoms with E-state index in [-0.39, 0.29) is 12.2 Å². The molecule has 0 aliphatic rings. The molecule has 0 saturated heterocycles. The molecule has 4 heteroatoms. The summed E-state index contributed by atoms with van der Waals surface area (Å²) in [6.07, 6.45) is 16.1. The SMILES string of the molecule is CCCCCCCCCCCCCCCOC(=O)c1c(F)ccc(C)c1F. The van der Waals surface area contributed by atoms with Crippen LogP contribution in [0.3, 0.4) is 0 Å². The van der Waals surface area contributed by atoms with Crippen LogP contribution in [0.1, 0.15) is 106 Å². The number of hydrogen-bond donors (Lipinski definition) is 0. The van der Waals surface area contributed by atoms with Gasteiger partial charge in [0.1, 0.15) is 17.2 Å². The summed E-state index contributed by atoms with van der Waals surface area (Å²) in [5, 5.41) is 0. The standard InChI is InChI=1S/C23H36F2O2/c1-3-4-5-6-7-8-9-10-11-12-13-14-15-18-27-23(26)21-20(24)17-16-19(2)22(21)25/h16-17H,3-15,18H2,1-2H3. The van der Waals surface area contributed by atoms with E-state index in [1.807, 2.05) is 0 Å². The van der Waals surface area contributed by atoms with Gasteiger partial charge in [-0.25, -0.2) is 13.6 Å². The predicted octanol–water partition coefficient (Wildman–Crippen LogP) is 7.52. The zero-order valence-corrected chi connectivity index (χ0v) is 17.1. The molecule has 1 aromatic carbocycles. The quantitative estimate of drug-likeness (QED) is 0.231. The number of unbranched alkanes of at least 4 members (excludes halogenated alkanes) is 12. The summed E-state index contributed by atoms with van der Waals surface area (Å²) < 4.78 is 32.5. The van der Waals surface area contributed by atoms with Gasteiger partial charge in [0.2, 0.25) is 0 Å². The van der Waals surface area contributed by atoms with Crippen LogP contribution in [0, 0.1) is 18.6 Å². The van der Waals surface area contributed by atoms with Crippen molar-refractivity contribution < 1.29 is 18.3 Å². The Labute approximate surface area is 163 Å². The first kappa shape index (κ1) is 23.6. The van der Waals surface area contributed by atoms with E-state index in [0.29, 0.717) is 0 Å². The van der Waals surface area contributed by atoms with Crippen molar-refractivity contribution in [3.63, 3.8) is 0 Å². The van der Waals surface area contributed by atoms with Crippen molar-refractivity contribution in [1.29, 1.82) is 0 Å². The molecule has 0 aliphatic heterocycles. The lowest BCUT2D eigenvalue weighted by Gasteiger charge is -2.08. The molecule has 0 heterocycles. The number of halogens is 2. The molecule has 0 aromatic heterocycles. The maximum atomic E-state index is 13.9. The molecule has 0 N–H and O–H groups in total. The van der Waals surface area contributed by atoms with Crippen LogP contribution in [0.2, 0.25) is 0 Å². The van der Waals surface area contributed by atoms with Crippen LogP contribution in [-0.4, -0.2) is 12.6 Å². The third-order valence-electron chi connectivity index (χ3n) is 4.97. The van der Waals surface area contributed by atoms with Gasteiger partial charge in [-0.3, -0.25) is 0 Å². The second-order valence-electron chi connectivity index (χ2n) is 7.43. The average molecular weight is 383 g/mol. The molecule has 1 aromatic rings. The normalized spacial score (nSPS) is 11.0. The number of esters is 1. The van der Waals surface area contributed by atoms with Crippen molar-refractivity contribution in [3.05, 3.63) is 34.9 Å². The van der Waals surface area contributed by atoms with E-state index in [4.69, 9.17) is 4.74 Å². The Morgan fingerprint density at radius 3 is 1.81 bits per heavy atom. The number of carbonyl (C=O) groups is 1. The van der Waals surface area contributed by atoms with Gasteiger partial charge in [0, 0.05) is 0 Å². The number of carbonyl (C=O) groups excluding carboxylic acids is 1. The number of rotatable bonds is 15. The lowest BCUT2D eigenvalue weighted by atomic mass is 10.0. The highest BCUT2D eigenvalue weighted by Crippen LogP contribution is 2.18. The zero-order chi connectivity index (χ0) is 19.9. The minimum absolute atomic E-state index is 0.212. The second kappa shape index (κ2) is 14.6. The van der Waals surface area contributed by atoms with Crippen molar-refractivity contribution in [3.8, 4) is 0 Å². The Morgan fingerprint density at radius 2 is 1.30 bits per heavy atom. The first-order chi connectivity index (χ1) is 13.1. The molecule has 2 nitrogen and oxygen atoms in total. The molecular formula is C23H36F2O2. The highest BCUT2D eigenvalue weighted by atomic mass is 19.1. The lowest BCUT2D eigenvalue weighted by Crippen LogP contribution is -2.12. The average Bonchev–Trinajstić information content (AvgIpc) is 2.65. The van der Waals surface area contributed by atoms with Gasteiger partial charge in [-0.2, -0.15) is 0 Å². The molecule has 1 rings (SSSR count). The van der Waals surface area contributed by atoms with Crippen molar-refractivity contribution >= 4 is 5.97 Å². The molecule has 0 unspecified atom stereocenters. The summed E-state index contributed by atoms with van der Waals surface area (Å²) in [7, 11) is 0. The van der Waals surface area contributed by atoms with E-state index in [2.05, 4.69) is 6.92 Å². The van der Waals surface area contributed by atoms with E-state index in [0.717, 1.165) is 25.3 Å². The number of aryl methyl sites for hydroxylation is 1. The van der Waals surface area contributed by atoms with Crippen LogP contribution in [0.25, 0.3) is 0 Å². The Hall–Kier alpha value is -1.45. The topological polar surface area (TPSA) is 26.3 Å². The van der Waals surface area contributed by atoms with Gasteiger partial charge in [0.25, 0.3) is 0 Å². The van der Waals surface area contributed by atoms with E-state index in [1.54, 1.807) is 0 Å². The van der Waals surface area contributed by atoms with Crippen LogP contribution >= 0.6 is 0 Å². The van der Waals surface area contributed by atoms with Crippen LogP contribution in [0.5, 0.6) is 0 Å². The summed E-state index contributed by atoms with van der Waals surface area (Å²) in [4.78, 5) is 11.9. The third-order valence-corrected chi connectivity index (χ3v) is 4.97. The van der Waals surface area contributed by atoms with E-state index in [9.17, 15) is 13.6 Å². The van der Waals surface area contributed by atoms with Gasteiger partial charge in [-0.05, 0) is 25.0 Å². The van der Waals surface area contributed by atoms with Gasteiger partial charge in [0.15, 0.2) is 0 Å². The van der Waals surface area contributed by atoms with Gasteiger partial charge in [-0.15, -0.1) is 0 Å². The maximum Gasteiger partial charge on any atom is 0.344 e. The second-order valence-corrected chi connectivity index (χ2v) is 7.43. The third kappa shape index (κ3) is 9.88. The first-order valence-corrected chi connectivity index (χ1v) is 10.7.